The average Bonchev–Trinajstić information content (AvgIpc) is 2.93. The topological polar surface area (TPSA) is 26.0 Å². The smallest absolute Gasteiger partial charge is 0.00217 e. The van der Waals surface area contributed by atoms with E-state index in [2.05, 4.69) is 45.2 Å². The van der Waals surface area contributed by atoms with Crippen molar-refractivity contribution in [2.45, 2.75) is 74.7 Å². The largest absolute Gasteiger partial charge is 0.333 e. The molecule has 122 valence electrons. The maximum atomic E-state index is 4.50. The summed E-state index contributed by atoms with van der Waals surface area (Å²) < 4.78 is 0. The molecular weight excluding hydrogens is 262 g/mol. The zero-order valence-corrected chi connectivity index (χ0v) is 16.3. The van der Waals surface area contributed by atoms with Crippen LogP contribution in [0.25, 0.3) is 0 Å². The van der Waals surface area contributed by atoms with Gasteiger partial charge in [-0.25, -0.2) is 0 Å². The molecule has 0 atom stereocenters. The number of thioether (sulfide) groups is 1. The van der Waals surface area contributed by atoms with E-state index in [0.29, 0.717) is 10.8 Å². The normalized spacial score (nSPS) is 21.9. The van der Waals surface area contributed by atoms with Gasteiger partial charge in [-0.2, -0.15) is 11.8 Å². The molecule has 2 aliphatic rings. The van der Waals surface area contributed by atoms with Gasteiger partial charge in [-0.05, 0) is 37.1 Å². The van der Waals surface area contributed by atoms with E-state index in [1.807, 2.05) is 27.7 Å². The van der Waals surface area contributed by atoms with Crippen LogP contribution in [-0.2, 0) is 0 Å². The first kappa shape index (κ1) is 22.3. The quantitative estimate of drug-likeness (QED) is 0.564. The van der Waals surface area contributed by atoms with Gasteiger partial charge in [0.2, 0.25) is 0 Å². The lowest BCUT2D eigenvalue weighted by molar-refractivity contribution is 0.471. The Hall–Kier alpha value is 0.0500. The highest BCUT2D eigenvalue weighted by Gasteiger charge is 2.38. The summed E-state index contributed by atoms with van der Waals surface area (Å²) >= 11 is 2.14. The molecule has 0 saturated heterocycles. The summed E-state index contributed by atoms with van der Waals surface area (Å²) in [5, 5.41) is 0. The van der Waals surface area contributed by atoms with Crippen molar-refractivity contribution in [1.82, 2.24) is 0 Å². The number of hydrogen-bond acceptors (Lipinski definition) is 2. The Labute approximate surface area is 133 Å². The van der Waals surface area contributed by atoms with Crippen molar-refractivity contribution in [2.75, 3.05) is 18.6 Å². The Morgan fingerprint density at radius 1 is 0.750 bits per heavy atom. The number of allylic oxidation sites excluding steroid dienone is 2. The Balaban J connectivity index is 0. The lowest BCUT2D eigenvalue weighted by Crippen LogP contribution is -2.19. The van der Waals surface area contributed by atoms with Crippen molar-refractivity contribution >= 4 is 11.8 Å². The Morgan fingerprint density at radius 3 is 1.35 bits per heavy atom. The first-order valence-corrected chi connectivity index (χ1v) is 9.47. The molecule has 0 saturated carbocycles. The van der Waals surface area contributed by atoms with E-state index in [1.165, 1.54) is 37.8 Å². The maximum absolute atomic E-state index is 4.50. The molecule has 0 fully saturated rings. The van der Waals surface area contributed by atoms with Gasteiger partial charge in [-0.15, -0.1) is 0 Å². The fourth-order valence-electron chi connectivity index (χ4n) is 2.97. The molecule has 0 amide bonds. The lowest BCUT2D eigenvalue weighted by Gasteiger charge is -2.28. The summed E-state index contributed by atoms with van der Waals surface area (Å²) in [5.41, 5.74) is 9.02. The lowest BCUT2D eigenvalue weighted by atomic mass is 9.76. The Morgan fingerprint density at radius 2 is 1.05 bits per heavy atom. The average molecular weight is 302 g/mol. The van der Waals surface area contributed by atoms with E-state index in [-0.39, 0.29) is 0 Å². The highest BCUT2D eigenvalue weighted by atomic mass is 32.2. The van der Waals surface area contributed by atoms with Gasteiger partial charge >= 0.3 is 0 Å². The van der Waals surface area contributed by atoms with E-state index < -0.39 is 0 Å². The predicted molar refractivity (Wildman–Crippen MR) is 98.6 cm³/mol. The second kappa shape index (κ2) is 10.7. The molecule has 1 heterocycles. The van der Waals surface area contributed by atoms with Crippen molar-refractivity contribution in [1.29, 1.82) is 0 Å². The standard InChI is InChI=1S/C13H22S.2C2H6.CH5N/c1-12(2)8-14-9-13(3,4)11-7-5-6-10(11)12;3*1-2/h5-9H2,1-4H3;2*1-2H3;2H2,1H3. The van der Waals surface area contributed by atoms with Gasteiger partial charge in [-0.3, -0.25) is 0 Å². The Kier molecular flexibility index (Phi) is 12.0. The van der Waals surface area contributed by atoms with Crippen LogP contribution in [0, 0.1) is 10.8 Å². The molecule has 1 nitrogen and oxygen atoms in total. The van der Waals surface area contributed by atoms with Gasteiger partial charge in [0.05, 0.1) is 0 Å². The predicted octanol–water partition coefficient (Wildman–Crippen LogP) is 5.89. The number of nitrogens with two attached hydrogens (primary N) is 1. The van der Waals surface area contributed by atoms with E-state index >= 15 is 0 Å². The van der Waals surface area contributed by atoms with Crippen molar-refractivity contribution in [2.24, 2.45) is 16.6 Å². The van der Waals surface area contributed by atoms with Gasteiger partial charge in [0, 0.05) is 11.5 Å². The fourth-order valence-corrected chi connectivity index (χ4v) is 4.44. The van der Waals surface area contributed by atoms with E-state index in [4.69, 9.17) is 0 Å². The second-order valence-corrected chi connectivity index (χ2v) is 7.06. The minimum atomic E-state index is 0.463. The Bertz CT molecular complexity index is 251. The fraction of sp³-hybridized carbons (Fsp3) is 0.889. The molecule has 0 unspecified atom stereocenters. The summed E-state index contributed by atoms with van der Waals surface area (Å²) in [6, 6.07) is 0. The van der Waals surface area contributed by atoms with Crippen LogP contribution in [0.4, 0.5) is 0 Å². The minimum Gasteiger partial charge on any atom is -0.333 e. The molecule has 1 aliphatic heterocycles. The van der Waals surface area contributed by atoms with Crippen molar-refractivity contribution < 1.29 is 0 Å². The summed E-state index contributed by atoms with van der Waals surface area (Å²) in [6.07, 6.45) is 4.14. The third-order valence-corrected chi connectivity index (χ3v) is 5.63. The van der Waals surface area contributed by atoms with Crippen LogP contribution in [0.15, 0.2) is 11.1 Å². The van der Waals surface area contributed by atoms with Crippen LogP contribution in [0.3, 0.4) is 0 Å². The van der Waals surface area contributed by atoms with E-state index in [0.717, 1.165) is 0 Å². The zero-order valence-electron chi connectivity index (χ0n) is 15.5. The van der Waals surface area contributed by atoms with Crippen LogP contribution in [0.5, 0.6) is 0 Å². The molecule has 0 bridgehead atoms. The molecule has 2 N–H and O–H groups in total. The van der Waals surface area contributed by atoms with Crippen molar-refractivity contribution in [3.05, 3.63) is 11.1 Å². The highest BCUT2D eigenvalue weighted by molar-refractivity contribution is 7.99. The molecule has 1 aliphatic carbocycles. The molecule has 2 rings (SSSR count). The van der Waals surface area contributed by atoms with Crippen LogP contribution in [-0.4, -0.2) is 18.6 Å². The number of hydrogen-bond donors (Lipinski definition) is 1. The molecule has 0 radical (unpaired) electrons. The van der Waals surface area contributed by atoms with Crippen LogP contribution >= 0.6 is 11.8 Å². The molecule has 2 heteroatoms. The zero-order chi connectivity index (χ0) is 16.4. The maximum Gasteiger partial charge on any atom is 0.00217 e. The highest BCUT2D eigenvalue weighted by Crippen LogP contribution is 2.51. The first-order chi connectivity index (χ1) is 9.43. The summed E-state index contributed by atoms with van der Waals surface area (Å²) in [4.78, 5) is 0. The summed E-state index contributed by atoms with van der Waals surface area (Å²) in [5.74, 6) is 2.63. The van der Waals surface area contributed by atoms with E-state index in [9.17, 15) is 0 Å². The summed E-state index contributed by atoms with van der Waals surface area (Å²) in [6.45, 7) is 17.7. The van der Waals surface area contributed by atoms with Gasteiger partial charge in [0.1, 0.15) is 0 Å². The number of rotatable bonds is 0. The van der Waals surface area contributed by atoms with Crippen LogP contribution < -0.4 is 5.73 Å². The molecule has 0 aromatic rings. The molecular formula is C18H39NS. The van der Waals surface area contributed by atoms with E-state index in [1.54, 1.807) is 11.1 Å². The molecule has 0 aromatic heterocycles. The van der Waals surface area contributed by atoms with Gasteiger partial charge < -0.3 is 5.73 Å². The molecule has 20 heavy (non-hydrogen) atoms. The first-order valence-electron chi connectivity index (χ1n) is 8.32. The third-order valence-electron chi connectivity index (χ3n) is 3.78. The van der Waals surface area contributed by atoms with Crippen molar-refractivity contribution in [3.63, 3.8) is 0 Å². The monoisotopic (exact) mass is 301 g/mol. The molecule has 0 aromatic carbocycles. The SMILES string of the molecule is CC.CC.CC1(C)CSCC(C)(C)C2=C1CCC2.CN. The van der Waals surface area contributed by atoms with Gasteiger partial charge in [0.25, 0.3) is 0 Å². The van der Waals surface area contributed by atoms with Crippen LogP contribution in [0.2, 0.25) is 0 Å². The van der Waals surface area contributed by atoms with Gasteiger partial charge in [-0.1, -0.05) is 66.5 Å². The third kappa shape index (κ3) is 5.81. The second-order valence-electron chi connectivity index (χ2n) is 6.07. The van der Waals surface area contributed by atoms with Crippen molar-refractivity contribution in [3.8, 4) is 0 Å². The summed E-state index contributed by atoms with van der Waals surface area (Å²) in [7, 11) is 1.50. The van der Waals surface area contributed by atoms with Crippen LogP contribution in [0.1, 0.15) is 74.7 Å². The molecule has 0 spiro atoms. The van der Waals surface area contributed by atoms with Gasteiger partial charge in [0.15, 0.2) is 0 Å². The minimum absolute atomic E-state index is 0.463.